The van der Waals surface area contributed by atoms with E-state index in [1.165, 1.54) is 5.56 Å². The number of nitrogens with zero attached hydrogens (tertiary/aromatic N) is 1. The van der Waals surface area contributed by atoms with Crippen LogP contribution in [0, 0.1) is 0 Å². The van der Waals surface area contributed by atoms with E-state index in [0.29, 0.717) is 24.3 Å². The van der Waals surface area contributed by atoms with Crippen molar-refractivity contribution in [3.05, 3.63) is 65.7 Å². The van der Waals surface area contributed by atoms with Gasteiger partial charge < -0.3 is 10.1 Å². The van der Waals surface area contributed by atoms with E-state index in [2.05, 4.69) is 10.0 Å². The Morgan fingerprint density at radius 1 is 1.14 bits per heavy atom. The Bertz CT molecular complexity index is 916. The number of sulfonamides is 1. The van der Waals surface area contributed by atoms with Crippen molar-refractivity contribution in [2.24, 2.45) is 0 Å². The number of hydrogen-bond donors (Lipinski definition) is 2. The van der Waals surface area contributed by atoms with Crippen LogP contribution in [0.25, 0.3) is 0 Å². The van der Waals surface area contributed by atoms with Crippen molar-refractivity contribution in [1.82, 2.24) is 14.9 Å². The maximum atomic E-state index is 12.6. The number of hydrogen-bond acceptors (Lipinski definition) is 4. The first-order chi connectivity index (χ1) is 13.3. The number of carbonyl (C=O) groups excluding carboxylic acids is 1. The molecule has 1 fully saturated rings. The number of carbonyl (C=O) groups is 1. The van der Waals surface area contributed by atoms with Gasteiger partial charge in [0.05, 0.1) is 19.9 Å². The lowest BCUT2D eigenvalue weighted by Crippen LogP contribution is -2.57. The fourth-order valence-corrected chi connectivity index (χ4v) is 4.44. The second-order valence-corrected chi connectivity index (χ2v) is 8.61. The van der Waals surface area contributed by atoms with Crippen molar-refractivity contribution in [2.45, 2.75) is 18.5 Å². The molecule has 150 valence electrons. The number of ether oxygens (including phenoxy) is 1. The molecule has 1 heterocycles. The Kier molecular flexibility index (Phi) is 5.90. The van der Waals surface area contributed by atoms with Crippen LogP contribution in [0.4, 0.5) is 4.79 Å². The van der Waals surface area contributed by atoms with Crippen LogP contribution in [0.2, 0.25) is 0 Å². The van der Waals surface area contributed by atoms with Gasteiger partial charge in [0, 0.05) is 6.54 Å². The Morgan fingerprint density at radius 2 is 1.82 bits per heavy atom. The highest BCUT2D eigenvalue weighted by Crippen LogP contribution is 2.32. The summed E-state index contributed by atoms with van der Waals surface area (Å²) in [5.41, 5.74) is 0.679. The second-order valence-electron chi connectivity index (χ2n) is 6.86. The van der Waals surface area contributed by atoms with Gasteiger partial charge in [-0.3, -0.25) is 4.90 Å². The molecule has 2 amide bonds. The van der Waals surface area contributed by atoms with Crippen LogP contribution in [0.1, 0.15) is 17.5 Å². The highest BCUT2D eigenvalue weighted by Gasteiger charge is 2.48. The number of rotatable bonds is 8. The highest BCUT2D eigenvalue weighted by molar-refractivity contribution is 7.88. The molecule has 2 aromatic carbocycles. The van der Waals surface area contributed by atoms with Gasteiger partial charge in [0.15, 0.2) is 5.66 Å². The van der Waals surface area contributed by atoms with Gasteiger partial charge in [-0.05, 0) is 36.1 Å². The minimum atomic E-state index is -3.58. The van der Waals surface area contributed by atoms with Crippen molar-refractivity contribution in [2.75, 3.05) is 26.5 Å². The van der Waals surface area contributed by atoms with Crippen molar-refractivity contribution in [3.63, 3.8) is 0 Å². The summed E-state index contributed by atoms with van der Waals surface area (Å²) in [6, 6.07) is 16.8. The van der Waals surface area contributed by atoms with Crippen LogP contribution in [0.5, 0.6) is 5.75 Å². The molecule has 0 spiro atoms. The summed E-state index contributed by atoms with van der Waals surface area (Å²) in [5, 5.41) is 2.79. The van der Waals surface area contributed by atoms with Gasteiger partial charge in [0.2, 0.25) is 10.0 Å². The van der Waals surface area contributed by atoms with Crippen LogP contribution < -0.4 is 14.8 Å². The van der Waals surface area contributed by atoms with E-state index in [1.807, 2.05) is 30.3 Å². The summed E-state index contributed by atoms with van der Waals surface area (Å²) in [6.07, 6.45) is 2.60. The number of aryl methyl sites for hydroxylation is 1. The van der Waals surface area contributed by atoms with Crippen LogP contribution in [0.3, 0.4) is 0 Å². The van der Waals surface area contributed by atoms with Gasteiger partial charge >= 0.3 is 6.03 Å². The van der Waals surface area contributed by atoms with E-state index in [-0.39, 0.29) is 12.6 Å². The van der Waals surface area contributed by atoms with E-state index in [0.717, 1.165) is 12.7 Å². The van der Waals surface area contributed by atoms with Gasteiger partial charge in [-0.2, -0.15) is 4.72 Å². The van der Waals surface area contributed by atoms with Crippen LogP contribution in [-0.2, 0) is 22.1 Å². The second kappa shape index (κ2) is 8.20. The number of amides is 2. The smallest absolute Gasteiger partial charge is 0.319 e. The lowest BCUT2D eigenvalue weighted by atomic mass is 9.99. The zero-order valence-electron chi connectivity index (χ0n) is 16.0. The minimum absolute atomic E-state index is 0.149. The van der Waals surface area contributed by atoms with E-state index in [1.54, 1.807) is 36.3 Å². The predicted octanol–water partition coefficient (Wildman–Crippen LogP) is 2.06. The molecule has 8 heteroatoms. The molecule has 7 nitrogen and oxygen atoms in total. The first kappa shape index (κ1) is 20.2. The topological polar surface area (TPSA) is 87.7 Å². The maximum Gasteiger partial charge on any atom is 0.319 e. The lowest BCUT2D eigenvalue weighted by molar-refractivity contribution is 0.145. The van der Waals surface area contributed by atoms with Gasteiger partial charge in [0.25, 0.3) is 0 Å². The molecular formula is C20H25N3O4S. The Labute approximate surface area is 165 Å². The molecule has 1 atom stereocenters. The first-order valence-electron chi connectivity index (χ1n) is 9.07. The molecule has 2 N–H and O–H groups in total. The molecule has 1 aliphatic rings. The number of urea groups is 1. The predicted molar refractivity (Wildman–Crippen MR) is 108 cm³/mol. The third-order valence-corrected chi connectivity index (χ3v) is 5.52. The summed E-state index contributed by atoms with van der Waals surface area (Å²) < 4.78 is 32.2. The number of nitrogens with one attached hydrogen (secondary N) is 2. The third kappa shape index (κ3) is 4.45. The summed E-state index contributed by atoms with van der Waals surface area (Å²) in [7, 11) is -2.01. The SMILES string of the molecule is COc1ccc([C@]2(NS(C)(=O)=O)CNC(=O)N2CCCc2ccccc2)cc1. The largest absolute Gasteiger partial charge is 0.497 e. The molecule has 3 rings (SSSR count). The maximum absolute atomic E-state index is 12.6. The van der Waals surface area contributed by atoms with Crippen LogP contribution in [-0.4, -0.2) is 45.8 Å². The molecule has 0 aliphatic carbocycles. The van der Waals surface area contributed by atoms with E-state index < -0.39 is 15.7 Å². The van der Waals surface area contributed by atoms with Gasteiger partial charge in [-0.15, -0.1) is 0 Å². The van der Waals surface area contributed by atoms with E-state index in [4.69, 9.17) is 4.74 Å². The Morgan fingerprint density at radius 3 is 2.43 bits per heavy atom. The lowest BCUT2D eigenvalue weighted by Gasteiger charge is -2.37. The minimum Gasteiger partial charge on any atom is -0.497 e. The summed E-state index contributed by atoms with van der Waals surface area (Å²) >= 11 is 0. The number of benzene rings is 2. The van der Waals surface area contributed by atoms with Gasteiger partial charge in [-0.25, -0.2) is 13.2 Å². The quantitative estimate of drug-likeness (QED) is 0.706. The first-order valence-corrected chi connectivity index (χ1v) is 11.0. The standard InChI is InChI=1S/C20H25N3O4S/c1-27-18-12-10-17(11-13-18)20(22-28(2,25)26)15-21-19(24)23(20)14-6-9-16-7-4-3-5-8-16/h3-5,7-8,10-13,22H,6,9,14-15H2,1-2H3,(H,21,24)/t20-/m0/s1. The molecule has 0 aromatic heterocycles. The Balaban J connectivity index is 1.88. The third-order valence-electron chi connectivity index (χ3n) is 4.81. The molecule has 0 saturated carbocycles. The van der Waals surface area contributed by atoms with Crippen LogP contribution in [0.15, 0.2) is 54.6 Å². The van der Waals surface area contributed by atoms with Crippen molar-refractivity contribution in [3.8, 4) is 5.75 Å². The average molecular weight is 404 g/mol. The monoisotopic (exact) mass is 403 g/mol. The fraction of sp³-hybridized carbons (Fsp3) is 0.350. The zero-order chi connectivity index (χ0) is 20.2. The summed E-state index contributed by atoms with van der Waals surface area (Å²) in [6.45, 7) is 0.561. The number of methoxy groups -OCH3 is 1. The van der Waals surface area contributed by atoms with E-state index in [9.17, 15) is 13.2 Å². The average Bonchev–Trinajstić information content (AvgIpc) is 2.98. The molecule has 1 saturated heterocycles. The molecule has 0 radical (unpaired) electrons. The molecule has 28 heavy (non-hydrogen) atoms. The molecule has 0 unspecified atom stereocenters. The molecule has 0 bridgehead atoms. The summed E-state index contributed by atoms with van der Waals surface area (Å²) in [5.74, 6) is 0.658. The summed E-state index contributed by atoms with van der Waals surface area (Å²) in [4.78, 5) is 14.1. The molecule has 1 aliphatic heterocycles. The normalized spacial score (nSPS) is 19.5. The van der Waals surface area contributed by atoms with Gasteiger partial charge in [0.1, 0.15) is 5.75 Å². The van der Waals surface area contributed by atoms with Gasteiger partial charge in [-0.1, -0.05) is 42.5 Å². The highest BCUT2D eigenvalue weighted by atomic mass is 32.2. The van der Waals surface area contributed by atoms with E-state index >= 15 is 0 Å². The fourth-order valence-electron chi connectivity index (χ4n) is 3.53. The van der Waals surface area contributed by atoms with Crippen molar-refractivity contribution >= 4 is 16.1 Å². The molecule has 2 aromatic rings. The van der Waals surface area contributed by atoms with Crippen molar-refractivity contribution in [1.29, 1.82) is 0 Å². The Hall–Kier alpha value is -2.58. The van der Waals surface area contributed by atoms with Crippen LogP contribution >= 0.6 is 0 Å². The molecular weight excluding hydrogens is 378 g/mol. The van der Waals surface area contributed by atoms with Crippen molar-refractivity contribution < 1.29 is 17.9 Å². The zero-order valence-corrected chi connectivity index (χ0v) is 16.8.